The summed E-state index contributed by atoms with van der Waals surface area (Å²) in [6, 6.07) is 0.683. The molecular weight excluding hydrogens is 286 g/mol. The molecule has 2 saturated carbocycles. The van der Waals surface area contributed by atoms with E-state index in [9.17, 15) is 8.42 Å². The number of nitrogens with one attached hydrogen (secondary N) is 1. The topological polar surface area (TPSA) is 64.0 Å². The molecule has 1 aromatic rings. The number of nitrogens with zero attached hydrogens (tertiary/aromatic N) is 2. The Hall–Kier alpha value is -0.880. The second kappa shape index (κ2) is 4.56. The highest BCUT2D eigenvalue weighted by Crippen LogP contribution is 2.44. The molecule has 6 heteroatoms. The fraction of sp³-hybridized carbons (Fsp3) is 0.800. The number of hydrogen-bond acceptors (Lipinski definition) is 4. The van der Waals surface area contributed by atoms with E-state index in [0.717, 1.165) is 6.54 Å². The molecule has 1 aromatic heterocycles. The van der Waals surface area contributed by atoms with Crippen molar-refractivity contribution >= 4 is 9.84 Å². The lowest BCUT2D eigenvalue weighted by Gasteiger charge is -2.26. The third kappa shape index (κ3) is 2.63. The monoisotopic (exact) mass is 309 g/mol. The molecule has 1 unspecified atom stereocenters. The molecular formula is C15H23N3O2S. The van der Waals surface area contributed by atoms with Crippen LogP contribution in [0.4, 0.5) is 0 Å². The quantitative estimate of drug-likeness (QED) is 0.896. The van der Waals surface area contributed by atoms with Gasteiger partial charge in [-0.05, 0) is 39.0 Å². The van der Waals surface area contributed by atoms with Crippen molar-refractivity contribution in [1.29, 1.82) is 0 Å². The zero-order chi connectivity index (χ0) is 14.7. The molecule has 0 bridgehead atoms. The number of rotatable bonds is 5. The minimum absolute atomic E-state index is 0.233. The van der Waals surface area contributed by atoms with Gasteiger partial charge in [-0.15, -0.1) is 0 Å². The van der Waals surface area contributed by atoms with Gasteiger partial charge in [0.1, 0.15) is 0 Å². The summed E-state index contributed by atoms with van der Waals surface area (Å²) in [5.74, 6) is 1.11. The average molecular weight is 309 g/mol. The molecule has 4 rings (SSSR count). The van der Waals surface area contributed by atoms with Gasteiger partial charge in [-0.2, -0.15) is 5.10 Å². The van der Waals surface area contributed by atoms with Crippen LogP contribution in [0.5, 0.6) is 0 Å². The fourth-order valence-electron chi connectivity index (χ4n) is 3.45. The summed E-state index contributed by atoms with van der Waals surface area (Å²) in [7, 11) is -2.91. The standard InChI is InChI=1S/C15H23N3O2S/c1-15(6-7-21(19,20)10-15)18-14(11-2-3-11)12(9-17-18)8-16-13-4-5-13/h9,11,13,16H,2-8,10H2,1H3. The highest BCUT2D eigenvalue weighted by atomic mass is 32.2. The van der Waals surface area contributed by atoms with Crippen LogP contribution in [-0.2, 0) is 21.9 Å². The second-order valence-electron chi connectivity index (χ2n) is 7.24. The van der Waals surface area contributed by atoms with Crippen LogP contribution in [0, 0.1) is 0 Å². The number of aromatic nitrogens is 2. The lowest BCUT2D eigenvalue weighted by Crippen LogP contribution is -2.34. The Morgan fingerprint density at radius 1 is 1.38 bits per heavy atom. The summed E-state index contributed by atoms with van der Waals surface area (Å²) in [5.41, 5.74) is 2.21. The van der Waals surface area contributed by atoms with Crippen LogP contribution < -0.4 is 5.32 Å². The van der Waals surface area contributed by atoms with Crippen molar-refractivity contribution in [3.8, 4) is 0 Å². The van der Waals surface area contributed by atoms with E-state index in [1.165, 1.54) is 36.9 Å². The van der Waals surface area contributed by atoms with Crippen LogP contribution in [0.1, 0.15) is 56.2 Å². The van der Waals surface area contributed by atoms with Crippen LogP contribution in [0.3, 0.4) is 0 Å². The normalized spacial score (nSPS) is 31.7. The first-order valence-electron chi connectivity index (χ1n) is 7.98. The van der Waals surface area contributed by atoms with E-state index in [1.807, 2.05) is 6.20 Å². The number of sulfone groups is 1. The van der Waals surface area contributed by atoms with E-state index < -0.39 is 9.84 Å². The maximum Gasteiger partial charge on any atom is 0.152 e. The summed E-state index contributed by atoms with van der Waals surface area (Å²) in [5, 5.41) is 8.16. The molecule has 3 fully saturated rings. The SMILES string of the molecule is CC1(n2ncc(CNC3CC3)c2C2CC2)CCS(=O)(=O)C1. The molecule has 116 valence electrons. The highest BCUT2D eigenvalue weighted by molar-refractivity contribution is 7.91. The Kier molecular flexibility index (Phi) is 2.99. The molecule has 0 amide bonds. The van der Waals surface area contributed by atoms with Gasteiger partial charge in [0, 0.05) is 29.8 Å². The lowest BCUT2D eigenvalue weighted by atomic mass is 10.0. The first kappa shape index (κ1) is 13.8. The van der Waals surface area contributed by atoms with Crippen molar-refractivity contribution in [2.75, 3.05) is 11.5 Å². The van der Waals surface area contributed by atoms with E-state index >= 15 is 0 Å². The van der Waals surface area contributed by atoms with E-state index in [-0.39, 0.29) is 11.3 Å². The van der Waals surface area contributed by atoms with Gasteiger partial charge in [-0.1, -0.05) is 0 Å². The second-order valence-corrected chi connectivity index (χ2v) is 9.42. The van der Waals surface area contributed by atoms with Gasteiger partial charge in [-0.3, -0.25) is 4.68 Å². The molecule has 2 heterocycles. The lowest BCUT2D eigenvalue weighted by molar-refractivity contribution is 0.317. The smallest absolute Gasteiger partial charge is 0.152 e. The summed E-state index contributed by atoms with van der Waals surface area (Å²) in [4.78, 5) is 0. The third-order valence-electron chi connectivity index (χ3n) is 5.00. The molecule has 2 aliphatic carbocycles. The van der Waals surface area contributed by atoms with Gasteiger partial charge in [-0.25, -0.2) is 8.42 Å². The van der Waals surface area contributed by atoms with E-state index in [2.05, 4.69) is 22.0 Å². The molecule has 1 N–H and O–H groups in total. The molecule has 0 radical (unpaired) electrons. The van der Waals surface area contributed by atoms with E-state index in [1.54, 1.807) is 0 Å². The van der Waals surface area contributed by atoms with Crippen molar-refractivity contribution in [3.63, 3.8) is 0 Å². The van der Waals surface area contributed by atoms with Crippen LogP contribution in [-0.4, -0.2) is 35.7 Å². The Balaban J connectivity index is 1.65. The third-order valence-corrected chi connectivity index (χ3v) is 6.89. The van der Waals surface area contributed by atoms with Crippen molar-refractivity contribution in [2.45, 2.75) is 63.1 Å². The Morgan fingerprint density at radius 3 is 2.71 bits per heavy atom. The van der Waals surface area contributed by atoms with Gasteiger partial charge in [0.2, 0.25) is 0 Å². The van der Waals surface area contributed by atoms with Crippen molar-refractivity contribution in [1.82, 2.24) is 15.1 Å². The molecule has 21 heavy (non-hydrogen) atoms. The van der Waals surface area contributed by atoms with Crippen molar-refractivity contribution < 1.29 is 8.42 Å². The highest BCUT2D eigenvalue weighted by Gasteiger charge is 2.44. The van der Waals surface area contributed by atoms with Gasteiger partial charge in [0.05, 0.1) is 23.2 Å². The maximum atomic E-state index is 11.9. The van der Waals surface area contributed by atoms with Crippen molar-refractivity contribution in [2.24, 2.45) is 0 Å². The minimum atomic E-state index is -2.91. The van der Waals surface area contributed by atoms with Gasteiger partial charge in [0.25, 0.3) is 0 Å². The summed E-state index contributed by atoms with van der Waals surface area (Å²) in [6.45, 7) is 2.92. The van der Waals surface area contributed by atoms with E-state index in [4.69, 9.17) is 0 Å². The van der Waals surface area contributed by atoms with Gasteiger partial charge < -0.3 is 5.32 Å². The van der Waals surface area contributed by atoms with Gasteiger partial charge >= 0.3 is 0 Å². The predicted molar refractivity (Wildman–Crippen MR) is 81.0 cm³/mol. The van der Waals surface area contributed by atoms with Gasteiger partial charge in [0.15, 0.2) is 9.84 Å². The summed E-state index contributed by atoms with van der Waals surface area (Å²) in [6.07, 6.45) is 7.63. The maximum absolute atomic E-state index is 11.9. The molecule has 1 saturated heterocycles. The van der Waals surface area contributed by atoms with Crippen LogP contribution in [0.2, 0.25) is 0 Å². The molecule has 0 spiro atoms. The molecule has 1 atom stereocenters. The molecule has 3 aliphatic rings. The van der Waals surface area contributed by atoms with Crippen molar-refractivity contribution in [3.05, 3.63) is 17.5 Å². The molecule has 1 aliphatic heterocycles. The Labute approximate surface area is 126 Å². The predicted octanol–water partition coefficient (Wildman–Crippen LogP) is 1.55. The summed E-state index contributed by atoms with van der Waals surface area (Å²) < 4.78 is 25.8. The zero-order valence-electron chi connectivity index (χ0n) is 12.5. The molecule has 0 aromatic carbocycles. The summed E-state index contributed by atoms with van der Waals surface area (Å²) >= 11 is 0. The Morgan fingerprint density at radius 2 is 2.14 bits per heavy atom. The first-order valence-corrected chi connectivity index (χ1v) is 9.80. The number of hydrogen-bond donors (Lipinski definition) is 1. The van der Waals surface area contributed by atoms with Crippen LogP contribution in [0.15, 0.2) is 6.20 Å². The Bertz CT molecular complexity index is 658. The zero-order valence-corrected chi connectivity index (χ0v) is 13.3. The van der Waals surface area contributed by atoms with Crippen LogP contribution >= 0.6 is 0 Å². The molecule has 5 nitrogen and oxygen atoms in total. The fourth-order valence-corrected chi connectivity index (χ4v) is 5.56. The first-order chi connectivity index (χ1) is 9.97. The average Bonchev–Trinajstić information content (AvgIpc) is 3.33. The van der Waals surface area contributed by atoms with E-state index in [0.29, 0.717) is 24.1 Å². The largest absolute Gasteiger partial charge is 0.310 e. The minimum Gasteiger partial charge on any atom is -0.310 e. The van der Waals surface area contributed by atoms with Crippen LogP contribution in [0.25, 0.3) is 0 Å².